The summed E-state index contributed by atoms with van der Waals surface area (Å²) in [6.45, 7) is 11.1. The van der Waals surface area contributed by atoms with E-state index < -0.39 is 17.3 Å². The van der Waals surface area contributed by atoms with Gasteiger partial charge in [0, 0.05) is 43.5 Å². The maximum absolute atomic E-state index is 14.9. The Kier molecular flexibility index (Phi) is 10.4. The molecule has 1 heterocycles. The molecule has 0 bridgehead atoms. The number of nitrogens with one attached hydrogen (secondary N) is 2. The van der Waals surface area contributed by atoms with Crippen molar-refractivity contribution < 1.29 is 18.8 Å². The van der Waals surface area contributed by atoms with Gasteiger partial charge < -0.3 is 15.5 Å². The Morgan fingerprint density at radius 2 is 1.83 bits per heavy atom. The number of carbonyl (C=O) groups is 3. The third kappa shape index (κ3) is 6.76. The maximum Gasteiger partial charge on any atom is 0.259 e. The molecule has 1 aliphatic rings. The summed E-state index contributed by atoms with van der Waals surface area (Å²) in [5.41, 5.74) is 0.971. The van der Waals surface area contributed by atoms with Crippen LogP contribution in [0.1, 0.15) is 58.5 Å². The minimum absolute atomic E-state index is 0.00347. The van der Waals surface area contributed by atoms with Crippen LogP contribution in [0.3, 0.4) is 0 Å². The average molecular weight is 576 g/mol. The lowest BCUT2D eigenvalue weighted by molar-refractivity contribution is -0.106. The molecule has 2 N–H and O–H groups in total. The van der Waals surface area contributed by atoms with E-state index in [0.717, 1.165) is 17.7 Å². The van der Waals surface area contributed by atoms with Crippen LogP contribution in [0.4, 0.5) is 27.3 Å². The molecular weight excluding hydrogens is 537 g/mol. The van der Waals surface area contributed by atoms with E-state index >= 15 is 0 Å². The van der Waals surface area contributed by atoms with Crippen LogP contribution >= 0.6 is 0 Å². The second kappa shape index (κ2) is 13.8. The first-order valence-corrected chi connectivity index (χ1v) is 13.9. The summed E-state index contributed by atoms with van der Waals surface area (Å²) in [4.78, 5) is 55.3. The number of nitrogens with zero attached hydrogens (tertiary/aromatic N) is 3. The van der Waals surface area contributed by atoms with Gasteiger partial charge in [0.25, 0.3) is 17.4 Å². The monoisotopic (exact) mass is 575 g/mol. The summed E-state index contributed by atoms with van der Waals surface area (Å²) in [6, 6.07) is 11.0. The maximum atomic E-state index is 14.9. The van der Waals surface area contributed by atoms with Gasteiger partial charge in [0.15, 0.2) is 0 Å². The van der Waals surface area contributed by atoms with E-state index in [0.29, 0.717) is 17.5 Å². The number of hydrogen-bond donors (Lipinski definition) is 2. The largest absolute Gasteiger partial charge is 0.349 e. The van der Waals surface area contributed by atoms with Crippen LogP contribution in [-0.4, -0.2) is 47.3 Å². The highest BCUT2D eigenvalue weighted by molar-refractivity contribution is 6.09. The topological polar surface area (TPSA) is 104 Å². The molecule has 0 radical (unpaired) electrons. The molecule has 222 valence electrons. The number of carbonyl (C=O) groups excluding carboxylic acids is 3. The summed E-state index contributed by atoms with van der Waals surface area (Å²) >= 11 is 0. The molecule has 2 aromatic carbocycles. The van der Waals surface area contributed by atoms with Crippen molar-refractivity contribution in [1.82, 2.24) is 14.8 Å². The molecule has 3 aromatic rings. The fraction of sp³-hybridized carbons (Fsp3) is 0.312. The molecule has 1 saturated carbocycles. The van der Waals surface area contributed by atoms with Crippen molar-refractivity contribution in [3.8, 4) is 0 Å². The Morgan fingerprint density at radius 1 is 1.14 bits per heavy atom. The highest BCUT2D eigenvalue weighted by Gasteiger charge is 2.30. The van der Waals surface area contributed by atoms with Crippen LogP contribution in [0.5, 0.6) is 0 Å². The molecule has 42 heavy (non-hydrogen) atoms. The van der Waals surface area contributed by atoms with Crippen LogP contribution in [0.15, 0.2) is 59.9 Å². The first kappa shape index (κ1) is 31.8. The molecule has 0 spiro atoms. The zero-order valence-corrected chi connectivity index (χ0v) is 25.0. The van der Waals surface area contributed by atoms with Gasteiger partial charge in [0.2, 0.25) is 6.41 Å². The van der Waals surface area contributed by atoms with Gasteiger partial charge in [0.05, 0.1) is 11.4 Å². The SMILES string of the molecule is C=CCN(C)C(=O)c1c(N(C=O)c2cccc(C(=O)NC3CC3)c2)c(C)c(=O)n(C)c1Nc1ccc(C)cc1F.CC. The summed E-state index contributed by atoms with van der Waals surface area (Å²) in [7, 11) is 3.02. The van der Waals surface area contributed by atoms with Crippen molar-refractivity contribution in [2.75, 3.05) is 23.8 Å². The van der Waals surface area contributed by atoms with Crippen LogP contribution in [0.25, 0.3) is 0 Å². The standard InChI is InChI=1S/C30H32FN5O4.C2H6/c1-6-14-34(4)30(40)25-26(36(17-37)22-9-7-8-20(16-22)28(38)32-21-11-12-21)19(3)29(39)35(5)27(25)33-24-13-10-18(2)15-23(24)31;1-2/h6-10,13,15-17,21,33H,1,11-12,14H2,2-5H3,(H,32,38);1-2H3. The Labute approximate surface area is 245 Å². The van der Waals surface area contributed by atoms with Crippen molar-refractivity contribution in [2.24, 2.45) is 7.05 Å². The van der Waals surface area contributed by atoms with Gasteiger partial charge in [-0.1, -0.05) is 32.1 Å². The molecule has 0 saturated heterocycles. The zero-order valence-electron chi connectivity index (χ0n) is 25.0. The molecule has 1 aliphatic carbocycles. The molecule has 4 rings (SSSR count). The number of anilines is 4. The fourth-order valence-corrected chi connectivity index (χ4v) is 4.42. The average Bonchev–Trinajstić information content (AvgIpc) is 3.80. The molecule has 1 aromatic heterocycles. The highest BCUT2D eigenvalue weighted by Crippen LogP contribution is 2.36. The molecule has 0 aliphatic heterocycles. The summed E-state index contributed by atoms with van der Waals surface area (Å²) in [6.07, 6.45) is 3.86. The third-order valence-electron chi connectivity index (χ3n) is 6.78. The second-order valence-electron chi connectivity index (χ2n) is 9.92. The molecule has 1 fully saturated rings. The number of aromatic nitrogens is 1. The molecule has 9 nitrogen and oxygen atoms in total. The van der Waals surface area contributed by atoms with Crippen LogP contribution in [0.2, 0.25) is 0 Å². The summed E-state index contributed by atoms with van der Waals surface area (Å²) < 4.78 is 16.1. The normalized spacial score (nSPS) is 12.0. The number of aryl methyl sites for hydroxylation is 1. The predicted molar refractivity (Wildman–Crippen MR) is 164 cm³/mol. The zero-order chi connectivity index (χ0) is 31.1. The Hall–Kier alpha value is -4.73. The Morgan fingerprint density at radius 3 is 2.43 bits per heavy atom. The molecular formula is C32H38FN5O4. The quantitative estimate of drug-likeness (QED) is 0.250. The van der Waals surface area contributed by atoms with Gasteiger partial charge in [-0.15, -0.1) is 6.58 Å². The first-order valence-electron chi connectivity index (χ1n) is 13.9. The van der Waals surface area contributed by atoms with Crippen molar-refractivity contribution in [2.45, 2.75) is 46.6 Å². The highest BCUT2D eigenvalue weighted by atomic mass is 19.1. The lowest BCUT2D eigenvalue weighted by atomic mass is 10.0. The summed E-state index contributed by atoms with van der Waals surface area (Å²) in [5.74, 6) is -1.38. The van der Waals surface area contributed by atoms with Gasteiger partial charge in [-0.25, -0.2) is 4.39 Å². The van der Waals surface area contributed by atoms with E-state index in [2.05, 4.69) is 17.2 Å². The van der Waals surface area contributed by atoms with Crippen LogP contribution in [0, 0.1) is 19.7 Å². The molecule has 0 atom stereocenters. The van der Waals surface area contributed by atoms with Crippen LogP contribution < -0.4 is 21.1 Å². The van der Waals surface area contributed by atoms with E-state index in [1.54, 1.807) is 44.3 Å². The van der Waals surface area contributed by atoms with Gasteiger partial charge >= 0.3 is 0 Å². The van der Waals surface area contributed by atoms with Crippen molar-refractivity contribution in [3.63, 3.8) is 0 Å². The molecule has 0 unspecified atom stereocenters. The third-order valence-corrected chi connectivity index (χ3v) is 6.78. The van der Waals surface area contributed by atoms with E-state index in [1.165, 1.54) is 41.6 Å². The van der Waals surface area contributed by atoms with E-state index in [1.807, 2.05) is 13.8 Å². The fourth-order valence-electron chi connectivity index (χ4n) is 4.42. The lowest BCUT2D eigenvalue weighted by Gasteiger charge is -2.28. The van der Waals surface area contributed by atoms with E-state index in [4.69, 9.17) is 0 Å². The van der Waals surface area contributed by atoms with Crippen molar-refractivity contribution in [3.05, 3.63) is 93.5 Å². The smallest absolute Gasteiger partial charge is 0.259 e. The predicted octanol–water partition coefficient (Wildman–Crippen LogP) is 5.36. The van der Waals surface area contributed by atoms with Gasteiger partial charge in [-0.05, 0) is 62.6 Å². The number of pyridine rings is 1. The first-order chi connectivity index (χ1) is 20.1. The minimum atomic E-state index is -0.575. The van der Waals surface area contributed by atoms with Crippen LogP contribution in [-0.2, 0) is 11.8 Å². The van der Waals surface area contributed by atoms with Gasteiger partial charge in [-0.3, -0.25) is 28.6 Å². The Balaban J connectivity index is 0.00000237. The van der Waals surface area contributed by atoms with E-state index in [9.17, 15) is 23.6 Å². The second-order valence-corrected chi connectivity index (χ2v) is 9.92. The number of halogens is 1. The molecule has 10 heteroatoms. The minimum Gasteiger partial charge on any atom is -0.349 e. The number of likely N-dealkylation sites (N-methyl/N-ethyl adjacent to an activating group) is 1. The van der Waals surface area contributed by atoms with Crippen molar-refractivity contribution >= 4 is 41.1 Å². The lowest BCUT2D eigenvalue weighted by Crippen LogP contribution is -2.35. The Bertz CT molecular complexity index is 1560. The van der Waals surface area contributed by atoms with Gasteiger partial charge in [-0.2, -0.15) is 0 Å². The van der Waals surface area contributed by atoms with E-state index in [-0.39, 0.29) is 52.5 Å². The number of amides is 3. The summed E-state index contributed by atoms with van der Waals surface area (Å²) in [5, 5.41) is 5.83. The van der Waals surface area contributed by atoms with Crippen molar-refractivity contribution in [1.29, 1.82) is 0 Å². The number of benzene rings is 2. The van der Waals surface area contributed by atoms with Gasteiger partial charge in [0.1, 0.15) is 17.2 Å². The molecule has 3 amide bonds. The number of rotatable bonds is 10. The number of hydrogen-bond acceptors (Lipinski definition) is 5.